The molecule has 0 aliphatic heterocycles. The molecular formula is C19H17F3N4O. The van der Waals surface area contributed by atoms with E-state index in [1.54, 1.807) is 17.1 Å². The van der Waals surface area contributed by atoms with Gasteiger partial charge in [0.15, 0.2) is 0 Å². The van der Waals surface area contributed by atoms with Gasteiger partial charge in [-0.15, -0.1) is 0 Å². The number of halogens is 3. The first-order valence-corrected chi connectivity index (χ1v) is 8.18. The number of pyridine rings is 1. The Morgan fingerprint density at radius 3 is 2.33 bits per heavy atom. The Morgan fingerprint density at radius 1 is 1.07 bits per heavy atom. The van der Waals surface area contributed by atoms with Crippen LogP contribution in [0.1, 0.15) is 16.7 Å². The summed E-state index contributed by atoms with van der Waals surface area (Å²) in [7, 11) is 1.82. The van der Waals surface area contributed by atoms with Gasteiger partial charge in [-0.1, -0.05) is 18.2 Å². The minimum atomic E-state index is -4.38. The lowest BCUT2D eigenvalue weighted by atomic mass is 10.1. The number of hydrogen-bond donors (Lipinski definition) is 1. The van der Waals surface area contributed by atoms with Gasteiger partial charge in [0.1, 0.15) is 0 Å². The van der Waals surface area contributed by atoms with E-state index in [1.807, 2.05) is 25.4 Å². The number of alkyl halides is 3. The van der Waals surface area contributed by atoms with Gasteiger partial charge in [0.2, 0.25) is 5.91 Å². The number of aromatic nitrogens is 3. The average Bonchev–Trinajstić information content (AvgIpc) is 3.06. The normalized spacial score (nSPS) is 11.4. The van der Waals surface area contributed by atoms with Crippen LogP contribution in [-0.2, 0) is 31.0 Å². The Kier molecular flexibility index (Phi) is 5.25. The van der Waals surface area contributed by atoms with E-state index in [4.69, 9.17) is 0 Å². The van der Waals surface area contributed by atoms with Crippen molar-refractivity contribution in [3.63, 3.8) is 0 Å². The van der Waals surface area contributed by atoms with Gasteiger partial charge >= 0.3 is 6.18 Å². The third-order valence-corrected chi connectivity index (χ3v) is 3.96. The number of benzene rings is 1. The van der Waals surface area contributed by atoms with Crippen molar-refractivity contribution in [1.29, 1.82) is 0 Å². The number of carbonyl (C=O) groups is 1. The molecule has 2 aromatic heterocycles. The van der Waals surface area contributed by atoms with E-state index in [0.29, 0.717) is 12.1 Å². The molecule has 3 rings (SSSR count). The Bertz CT molecular complexity index is 915. The Balaban J connectivity index is 1.53. The molecule has 1 aromatic carbocycles. The first-order valence-electron chi connectivity index (χ1n) is 8.18. The van der Waals surface area contributed by atoms with Crippen molar-refractivity contribution >= 4 is 5.91 Å². The number of nitrogens with zero attached hydrogens (tertiary/aromatic N) is 3. The largest absolute Gasteiger partial charge is 0.416 e. The summed E-state index contributed by atoms with van der Waals surface area (Å²) in [4.78, 5) is 16.3. The maximum absolute atomic E-state index is 12.5. The predicted octanol–water partition coefficient (Wildman–Crippen LogP) is 3.36. The van der Waals surface area contributed by atoms with Crippen LogP contribution in [0.15, 0.2) is 55.0 Å². The second-order valence-corrected chi connectivity index (χ2v) is 6.10. The van der Waals surface area contributed by atoms with Gasteiger partial charge < -0.3 is 5.32 Å². The summed E-state index contributed by atoms with van der Waals surface area (Å²) in [5.41, 5.74) is 2.29. The van der Waals surface area contributed by atoms with Crippen molar-refractivity contribution in [2.75, 3.05) is 0 Å². The number of nitrogens with one attached hydrogen (secondary N) is 1. The summed E-state index contributed by atoms with van der Waals surface area (Å²) < 4.78 is 39.3. The van der Waals surface area contributed by atoms with Crippen molar-refractivity contribution in [3.05, 3.63) is 71.7 Å². The van der Waals surface area contributed by atoms with Gasteiger partial charge in [0, 0.05) is 31.5 Å². The van der Waals surface area contributed by atoms with Gasteiger partial charge in [-0.2, -0.15) is 18.3 Å². The third-order valence-electron chi connectivity index (χ3n) is 3.96. The SMILES string of the molecule is Cn1cc(-c2ccc(CNC(=O)Cc3ccc(C(F)(F)F)cc3)cn2)cn1. The van der Waals surface area contributed by atoms with E-state index in [1.165, 1.54) is 12.1 Å². The lowest BCUT2D eigenvalue weighted by molar-refractivity contribution is -0.137. The molecule has 0 spiro atoms. The highest BCUT2D eigenvalue weighted by Gasteiger charge is 2.29. The summed E-state index contributed by atoms with van der Waals surface area (Å²) in [6.45, 7) is 0.291. The van der Waals surface area contributed by atoms with E-state index in [2.05, 4.69) is 15.4 Å². The molecule has 1 N–H and O–H groups in total. The highest BCUT2D eigenvalue weighted by atomic mass is 19.4. The number of rotatable bonds is 5. The average molecular weight is 374 g/mol. The number of amides is 1. The summed E-state index contributed by atoms with van der Waals surface area (Å²) in [5, 5.41) is 6.83. The summed E-state index contributed by atoms with van der Waals surface area (Å²) in [6.07, 6.45) is 0.873. The molecule has 140 valence electrons. The first kappa shape index (κ1) is 18.6. The van der Waals surface area contributed by atoms with Gasteiger partial charge in [-0.3, -0.25) is 14.5 Å². The number of carbonyl (C=O) groups excluding carboxylic acids is 1. The van der Waals surface area contributed by atoms with Crippen molar-refractivity contribution in [2.24, 2.45) is 7.05 Å². The molecule has 2 heterocycles. The van der Waals surface area contributed by atoms with Crippen LogP contribution in [0.4, 0.5) is 13.2 Å². The molecule has 0 saturated heterocycles. The van der Waals surface area contributed by atoms with Crippen LogP contribution >= 0.6 is 0 Å². The molecule has 3 aromatic rings. The molecular weight excluding hydrogens is 357 g/mol. The standard InChI is InChI=1S/C19H17F3N4O/c1-26-12-15(11-25-26)17-7-4-14(9-23-17)10-24-18(27)8-13-2-5-16(6-3-13)19(20,21)22/h2-7,9,11-12H,8,10H2,1H3,(H,24,27). The summed E-state index contributed by atoms with van der Waals surface area (Å²) in [5.74, 6) is -0.272. The third kappa shape index (κ3) is 4.93. The van der Waals surface area contributed by atoms with Crippen molar-refractivity contribution in [1.82, 2.24) is 20.1 Å². The Labute approximate surface area is 153 Å². The van der Waals surface area contributed by atoms with Crippen LogP contribution in [0.5, 0.6) is 0 Å². The summed E-state index contributed by atoms with van der Waals surface area (Å²) in [6, 6.07) is 8.27. The van der Waals surface area contributed by atoms with Crippen molar-refractivity contribution in [2.45, 2.75) is 19.1 Å². The monoisotopic (exact) mass is 374 g/mol. The molecule has 0 atom stereocenters. The summed E-state index contributed by atoms with van der Waals surface area (Å²) >= 11 is 0. The maximum Gasteiger partial charge on any atom is 0.416 e. The number of aryl methyl sites for hydroxylation is 1. The topological polar surface area (TPSA) is 59.8 Å². The minimum Gasteiger partial charge on any atom is -0.352 e. The minimum absolute atomic E-state index is 0.0132. The van der Waals surface area contributed by atoms with Gasteiger partial charge in [0.05, 0.1) is 23.9 Å². The zero-order chi connectivity index (χ0) is 19.4. The quantitative estimate of drug-likeness (QED) is 0.745. The molecule has 8 heteroatoms. The maximum atomic E-state index is 12.5. The smallest absolute Gasteiger partial charge is 0.352 e. The van der Waals surface area contributed by atoms with Crippen LogP contribution in [0.25, 0.3) is 11.3 Å². The lowest BCUT2D eigenvalue weighted by Crippen LogP contribution is -2.24. The lowest BCUT2D eigenvalue weighted by Gasteiger charge is -2.08. The van der Waals surface area contributed by atoms with Crippen molar-refractivity contribution in [3.8, 4) is 11.3 Å². The van der Waals surface area contributed by atoms with Gasteiger partial charge in [-0.25, -0.2) is 0 Å². The molecule has 0 unspecified atom stereocenters. The first-order chi connectivity index (χ1) is 12.8. The molecule has 0 bridgehead atoms. The fourth-order valence-electron chi connectivity index (χ4n) is 2.51. The molecule has 0 saturated carbocycles. The van der Waals surface area contributed by atoms with Crippen LogP contribution in [0.2, 0.25) is 0 Å². The molecule has 0 aliphatic carbocycles. The second kappa shape index (κ2) is 7.61. The zero-order valence-electron chi connectivity index (χ0n) is 14.5. The second-order valence-electron chi connectivity index (χ2n) is 6.10. The van der Waals surface area contributed by atoms with E-state index in [-0.39, 0.29) is 12.3 Å². The molecule has 27 heavy (non-hydrogen) atoms. The van der Waals surface area contributed by atoms with Gasteiger partial charge in [0.25, 0.3) is 0 Å². The van der Waals surface area contributed by atoms with Gasteiger partial charge in [-0.05, 0) is 29.3 Å². The van der Waals surface area contributed by atoms with Crippen LogP contribution in [0.3, 0.4) is 0 Å². The zero-order valence-corrected chi connectivity index (χ0v) is 14.5. The van der Waals surface area contributed by atoms with E-state index < -0.39 is 11.7 Å². The Morgan fingerprint density at radius 2 is 1.78 bits per heavy atom. The molecule has 0 radical (unpaired) electrons. The fourth-order valence-corrected chi connectivity index (χ4v) is 2.51. The van der Waals surface area contributed by atoms with E-state index in [0.717, 1.165) is 29.0 Å². The van der Waals surface area contributed by atoms with E-state index in [9.17, 15) is 18.0 Å². The molecule has 5 nitrogen and oxygen atoms in total. The Hall–Kier alpha value is -3.16. The molecule has 0 aliphatic rings. The fraction of sp³-hybridized carbons (Fsp3) is 0.211. The number of hydrogen-bond acceptors (Lipinski definition) is 3. The van der Waals surface area contributed by atoms with E-state index >= 15 is 0 Å². The molecule has 0 fully saturated rings. The van der Waals surface area contributed by atoms with Crippen LogP contribution in [0, 0.1) is 0 Å². The van der Waals surface area contributed by atoms with Crippen molar-refractivity contribution < 1.29 is 18.0 Å². The van der Waals surface area contributed by atoms with Crippen LogP contribution < -0.4 is 5.32 Å². The highest BCUT2D eigenvalue weighted by molar-refractivity contribution is 5.78. The van der Waals surface area contributed by atoms with Crippen LogP contribution in [-0.4, -0.2) is 20.7 Å². The highest BCUT2D eigenvalue weighted by Crippen LogP contribution is 2.29. The molecule has 1 amide bonds. The predicted molar refractivity (Wildman–Crippen MR) is 93.4 cm³/mol.